The van der Waals surface area contributed by atoms with Gasteiger partial charge in [0.25, 0.3) is 0 Å². The van der Waals surface area contributed by atoms with Crippen molar-refractivity contribution in [2.45, 2.75) is 12.5 Å². The van der Waals surface area contributed by atoms with Crippen LogP contribution in [-0.4, -0.2) is 23.5 Å². The van der Waals surface area contributed by atoms with Gasteiger partial charge >= 0.3 is 0 Å². The minimum Gasteiger partial charge on any atom is -0.333 e. The second-order valence-electron chi connectivity index (χ2n) is 3.15. The molecule has 0 aliphatic carbocycles. The van der Waals surface area contributed by atoms with E-state index >= 15 is 0 Å². The quantitative estimate of drug-likeness (QED) is 0.613. The number of nitrogens with one attached hydrogen (secondary N) is 1. The molecule has 0 unspecified atom stereocenters. The number of halogens is 1. The van der Waals surface area contributed by atoms with Crippen molar-refractivity contribution in [1.29, 1.82) is 0 Å². The van der Waals surface area contributed by atoms with E-state index in [2.05, 4.69) is 10.3 Å². The average Bonchev–Trinajstić information content (AvgIpc) is 2.27. The zero-order chi connectivity index (χ0) is 12.2. The van der Waals surface area contributed by atoms with Gasteiger partial charge in [0.2, 0.25) is 5.91 Å². The molecule has 0 aromatic carbocycles. The SMILES string of the molecule is CC(=O)NC(C=O)(C=O)c1ccc(Cl)cn1. The number of hydrogen-bond donors (Lipinski definition) is 1. The predicted octanol–water partition coefficient (Wildman–Crippen LogP) is 0.464. The Kier molecular flexibility index (Phi) is 3.73. The van der Waals surface area contributed by atoms with Crippen molar-refractivity contribution in [3.63, 3.8) is 0 Å². The molecule has 0 saturated carbocycles. The second-order valence-corrected chi connectivity index (χ2v) is 3.58. The van der Waals surface area contributed by atoms with Gasteiger partial charge in [-0.2, -0.15) is 0 Å². The summed E-state index contributed by atoms with van der Waals surface area (Å²) in [6, 6.07) is 2.88. The van der Waals surface area contributed by atoms with E-state index < -0.39 is 11.4 Å². The molecule has 5 nitrogen and oxygen atoms in total. The molecule has 0 spiro atoms. The zero-order valence-corrected chi connectivity index (χ0v) is 9.19. The van der Waals surface area contributed by atoms with Crippen LogP contribution in [0.4, 0.5) is 0 Å². The lowest BCUT2D eigenvalue weighted by atomic mass is 9.98. The van der Waals surface area contributed by atoms with Crippen molar-refractivity contribution < 1.29 is 14.4 Å². The van der Waals surface area contributed by atoms with Crippen LogP contribution in [0.3, 0.4) is 0 Å². The third-order valence-electron chi connectivity index (χ3n) is 1.91. The Morgan fingerprint density at radius 2 is 2.06 bits per heavy atom. The standard InChI is InChI=1S/C10H9ClN2O3/c1-7(16)13-10(5-14,6-15)9-3-2-8(11)4-12-9/h2-6H,1H3,(H,13,16). The topological polar surface area (TPSA) is 76.1 Å². The van der Waals surface area contributed by atoms with E-state index in [-0.39, 0.29) is 5.69 Å². The molecule has 0 radical (unpaired) electrons. The van der Waals surface area contributed by atoms with Gasteiger partial charge in [0, 0.05) is 13.1 Å². The maximum Gasteiger partial charge on any atom is 0.218 e. The van der Waals surface area contributed by atoms with Crippen LogP contribution in [0, 0.1) is 0 Å². The molecule has 16 heavy (non-hydrogen) atoms. The van der Waals surface area contributed by atoms with Crippen molar-refractivity contribution in [1.82, 2.24) is 10.3 Å². The monoisotopic (exact) mass is 240 g/mol. The molecule has 0 bridgehead atoms. The van der Waals surface area contributed by atoms with E-state index in [1.54, 1.807) is 0 Å². The highest BCUT2D eigenvalue weighted by Gasteiger charge is 2.34. The van der Waals surface area contributed by atoms with Gasteiger partial charge in [-0.25, -0.2) is 0 Å². The van der Waals surface area contributed by atoms with E-state index in [4.69, 9.17) is 11.6 Å². The highest BCUT2D eigenvalue weighted by molar-refractivity contribution is 6.30. The highest BCUT2D eigenvalue weighted by atomic mass is 35.5. The van der Waals surface area contributed by atoms with Crippen LogP contribution in [0.1, 0.15) is 12.6 Å². The Morgan fingerprint density at radius 1 is 1.44 bits per heavy atom. The van der Waals surface area contributed by atoms with Crippen molar-refractivity contribution in [2.24, 2.45) is 0 Å². The molecule has 1 aromatic rings. The molecule has 6 heteroatoms. The fourth-order valence-electron chi connectivity index (χ4n) is 1.18. The average molecular weight is 241 g/mol. The first-order chi connectivity index (χ1) is 7.54. The normalized spacial score (nSPS) is 10.6. The Morgan fingerprint density at radius 3 is 2.44 bits per heavy atom. The Balaban J connectivity index is 3.19. The molecule has 0 aliphatic rings. The maximum atomic E-state index is 11.0. The van der Waals surface area contributed by atoms with Gasteiger partial charge in [0.1, 0.15) is 0 Å². The van der Waals surface area contributed by atoms with Gasteiger partial charge in [-0.15, -0.1) is 0 Å². The number of rotatable bonds is 4. The van der Waals surface area contributed by atoms with Crippen molar-refractivity contribution in [3.8, 4) is 0 Å². The molecule has 0 aliphatic heterocycles. The summed E-state index contributed by atoms with van der Waals surface area (Å²) in [5.41, 5.74) is -1.62. The molecule has 1 amide bonds. The first-order valence-electron chi connectivity index (χ1n) is 4.37. The molecule has 0 fully saturated rings. The Labute approximate surface area is 96.8 Å². The molecular formula is C10H9ClN2O3. The number of carbonyl (C=O) groups excluding carboxylic acids is 3. The van der Waals surface area contributed by atoms with E-state index in [1.165, 1.54) is 25.3 Å². The molecule has 84 valence electrons. The van der Waals surface area contributed by atoms with Gasteiger partial charge in [0.05, 0.1) is 10.7 Å². The molecule has 1 N–H and O–H groups in total. The fraction of sp³-hybridized carbons (Fsp3) is 0.200. The summed E-state index contributed by atoms with van der Waals surface area (Å²) in [5.74, 6) is -0.504. The van der Waals surface area contributed by atoms with Crippen LogP contribution in [0.25, 0.3) is 0 Å². The minimum atomic E-state index is -1.74. The minimum absolute atomic E-state index is 0.122. The van der Waals surface area contributed by atoms with Crippen LogP contribution >= 0.6 is 11.6 Å². The zero-order valence-electron chi connectivity index (χ0n) is 8.44. The molecule has 1 heterocycles. The summed E-state index contributed by atoms with van der Waals surface area (Å²) >= 11 is 5.63. The van der Waals surface area contributed by atoms with Gasteiger partial charge in [0.15, 0.2) is 18.1 Å². The lowest BCUT2D eigenvalue weighted by Crippen LogP contribution is -2.48. The van der Waals surface area contributed by atoms with Crippen LogP contribution in [0.15, 0.2) is 18.3 Å². The van der Waals surface area contributed by atoms with E-state index in [0.29, 0.717) is 17.6 Å². The summed E-state index contributed by atoms with van der Waals surface area (Å²) < 4.78 is 0. The van der Waals surface area contributed by atoms with Crippen LogP contribution < -0.4 is 5.32 Å². The third kappa shape index (κ3) is 2.43. The fourth-order valence-corrected chi connectivity index (χ4v) is 1.30. The highest BCUT2D eigenvalue weighted by Crippen LogP contribution is 2.16. The van der Waals surface area contributed by atoms with Crippen LogP contribution in [0.2, 0.25) is 5.02 Å². The molecule has 0 atom stereocenters. The number of carbonyl (C=O) groups is 3. The number of hydrogen-bond acceptors (Lipinski definition) is 4. The van der Waals surface area contributed by atoms with E-state index in [0.717, 1.165) is 0 Å². The van der Waals surface area contributed by atoms with Gasteiger partial charge < -0.3 is 5.32 Å². The van der Waals surface area contributed by atoms with Gasteiger partial charge in [-0.1, -0.05) is 11.6 Å². The number of nitrogens with zero attached hydrogens (tertiary/aromatic N) is 1. The van der Waals surface area contributed by atoms with Crippen molar-refractivity contribution in [2.75, 3.05) is 0 Å². The summed E-state index contributed by atoms with van der Waals surface area (Å²) in [6.45, 7) is 1.21. The molecule has 1 rings (SSSR count). The number of aromatic nitrogens is 1. The van der Waals surface area contributed by atoms with Crippen molar-refractivity contribution >= 4 is 30.1 Å². The maximum absolute atomic E-state index is 11.0. The van der Waals surface area contributed by atoms with Gasteiger partial charge in [-0.3, -0.25) is 19.4 Å². The first kappa shape index (κ1) is 12.3. The first-order valence-corrected chi connectivity index (χ1v) is 4.75. The molecule has 1 aromatic heterocycles. The lowest BCUT2D eigenvalue weighted by molar-refractivity contribution is -0.130. The summed E-state index contributed by atoms with van der Waals surface area (Å²) in [7, 11) is 0. The smallest absolute Gasteiger partial charge is 0.218 e. The Bertz CT molecular complexity index is 409. The number of aldehydes is 2. The predicted molar refractivity (Wildman–Crippen MR) is 56.9 cm³/mol. The van der Waals surface area contributed by atoms with Crippen molar-refractivity contribution in [3.05, 3.63) is 29.0 Å². The van der Waals surface area contributed by atoms with Gasteiger partial charge in [-0.05, 0) is 12.1 Å². The van der Waals surface area contributed by atoms with Crippen LogP contribution in [-0.2, 0) is 19.9 Å². The molecular weight excluding hydrogens is 232 g/mol. The summed E-state index contributed by atoms with van der Waals surface area (Å²) in [6.07, 6.45) is 1.95. The van der Waals surface area contributed by atoms with Crippen LogP contribution in [0.5, 0.6) is 0 Å². The van der Waals surface area contributed by atoms with E-state index in [9.17, 15) is 14.4 Å². The third-order valence-corrected chi connectivity index (χ3v) is 2.13. The van der Waals surface area contributed by atoms with E-state index in [1.807, 2.05) is 0 Å². The number of pyridine rings is 1. The summed E-state index contributed by atoms with van der Waals surface area (Å²) in [4.78, 5) is 36.7. The second kappa shape index (κ2) is 4.85. The summed E-state index contributed by atoms with van der Waals surface area (Å²) in [5, 5.41) is 2.62. The number of amides is 1. The Hall–Kier alpha value is -1.75. The lowest BCUT2D eigenvalue weighted by Gasteiger charge is -2.21. The largest absolute Gasteiger partial charge is 0.333 e. The molecule has 0 saturated heterocycles.